The molecule has 1 heterocycles. The summed E-state index contributed by atoms with van der Waals surface area (Å²) >= 11 is 3.43. The Bertz CT molecular complexity index is 541. The fourth-order valence-electron chi connectivity index (χ4n) is 1.43. The van der Waals surface area contributed by atoms with Crippen LogP contribution in [0.2, 0.25) is 0 Å². The lowest BCUT2D eigenvalue weighted by molar-refractivity contribution is 1.30. The number of aromatic nitrogens is 1. The largest absolute Gasteiger partial charge is 0.237 e. The Morgan fingerprint density at radius 3 is 2.86 bits per heavy atom. The van der Waals surface area contributed by atoms with Gasteiger partial charge in [0, 0.05) is 9.86 Å². The van der Waals surface area contributed by atoms with Gasteiger partial charge in [0.2, 0.25) is 0 Å². The second kappa shape index (κ2) is 3.39. The number of nitrogens with zero attached hydrogens (tertiary/aromatic N) is 2. The summed E-state index contributed by atoms with van der Waals surface area (Å²) in [5.41, 5.74) is 2.43. The molecular formula is C11H7BrN2. The van der Waals surface area contributed by atoms with Gasteiger partial charge in [0.05, 0.1) is 5.52 Å². The molecule has 14 heavy (non-hydrogen) atoms. The van der Waals surface area contributed by atoms with Gasteiger partial charge in [0.1, 0.15) is 11.8 Å². The molecule has 0 spiro atoms. The van der Waals surface area contributed by atoms with Crippen molar-refractivity contribution in [3.8, 4) is 6.07 Å². The average Bonchev–Trinajstić information content (AvgIpc) is 2.17. The van der Waals surface area contributed by atoms with Gasteiger partial charge in [0.25, 0.3) is 0 Å². The number of aryl methyl sites for hydroxylation is 1. The number of fused-ring (bicyclic) bond motifs is 1. The first-order valence-electron chi connectivity index (χ1n) is 4.18. The van der Waals surface area contributed by atoms with Crippen LogP contribution in [0.25, 0.3) is 10.9 Å². The van der Waals surface area contributed by atoms with E-state index in [1.165, 1.54) is 0 Å². The maximum absolute atomic E-state index is 8.72. The molecule has 2 aromatic rings. The van der Waals surface area contributed by atoms with Crippen LogP contribution in [-0.2, 0) is 0 Å². The lowest BCUT2D eigenvalue weighted by Gasteiger charge is -2.02. The van der Waals surface area contributed by atoms with E-state index in [2.05, 4.69) is 20.9 Å². The van der Waals surface area contributed by atoms with Crippen molar-refractivity contribution in [1.29, 1.82) is 5.26 Å². The van der Waals surface area contributed by atoms with Crippen molar-refractivity contribution in [2.24, 2.45) is 0 Å². The number of hydrogen-bond acceptors (Lipinski definition) is 2. The van der Waals surface area contributed by atoms with Crippen LogP contribution in [0.15, 0.2) is 28.7 Å². The first-order chi connectivity index (χ1) is 6.70. The van der Waals surface area contributed by atoms with Crippen LogP contribution in [-0.4, -0.2) is 4.98 Å². The lowest BCUT2D eigenvalue weighted by atomic mass is 10.1. The first kappa shape index (κ1) is 9.17. The lowest BCUT2D eigenvalue weighted by Crippen LogP contribution is -1.87. The van der Waals surface area contributed by atoms with E-state index in [1.54, 1.807) is 6.07 Å². The van der Waals surface area contributed by atoms with Crippen molar-refractivity contribution in [2.75, 3.05) is 0 Å². The van der Waals surface area contributed by atoms with E-state index in [-0.39, 0.29) is 0 Å². The monoisotopic (exact) mass is 246 g/mol. The van der Waals surface area contributed by atoms with Crippen LogP contribution in [0.5, 0.6) is 0 Å². The van der Waals surface area contributed by atoms with Gasteiger partial charge in [-0.3, -0.25) is 0 Å². The maximum atomic E-state index is 8.72. The molecule has 0 N–H and O–H groups in total. The molecule has 1 aromatic carbocycles. The van der Waals surface area contributed by atoms with Crippen LogP contribution in [0, 0.1) is 18.3 Å². The molecule has 0 saturated carbocycles. The number of pyridine rings is 1. The topological polar surface area (TPSA) is 36.7 Å². The summed E-state index contributed by atoms with van der Waals surface area (Å²) in [5, 5.41) is 9.77. The van der Waals surface area contributed by atoms with Crippen molar-refractivity contribution < 1.29 is 0 Å². The number of rotatable bonds is 0. The molecule has 0 fully saturated rings. The Hall–Kier alpha value is -1.40. The second-order valence-corrected chi connectivity index (χ2v) is 4.02. The zero-order chi connectivity index (χ0) is 10.1. The maximum Gasteiger partial charge on any atom is 0.141 e. The number of nitriles is 1. The summed E-state index contributed by atoms with van der Waals surface area (Å²) in [7, 11) is 0. The normalized spacial score (nSPS) is 10.1. The van der Waals surface area contributed by atoms with E-state index < -0.39 is 0 Å². The molecule has 68 valence electrons. The molecular weight excluding hydrogens is 240 g/mol. The van der Waals surface area contributed by atoms with Gasteiger partial charge in [0.15, 0.2) is 0 Å². The molecule has 0 aliphatic carbocycles. The first-order valence-corrected chi connectivity index (χ1v) is 4.97. The van der Waals surface area contributed by atoms with Crippen LogP contribution >= 0.6 is 15.9 Å². The Morgan fingerprint density at radius 2 is 2.14 bits per heavy atom. The zero-order valence-corrected chi connectivity index (χ0v) is 9.17. The highest BCUT2D eigenvalue weighted by molar-refractivity contribution is 9.10. The Labute approximate surface area is 90.3 Å². The van der Waals surface area contributed by atoms with E-state index in [4.69, 9.17) is 5.26 Å². The number of hydrogen-bond donors (Lipinski definition) is 0. The molecule has 2 rings (SSSR count). The van der Waals surface area contributed by atoms with E-state index in [0.717, 1.165) is 20.9 Å². The van der Waals surface area contributed by atoms with Crippen molar-refractivity contribution in [3.05, 3.63) is 40.0 Å². The fourth-order valence-corrected chi connectivity index (χ4v) is 2.02. The van der Waals surface area contributed by atoms with E-state index in [9.17, 15) is 0 Å². The zero-order valence-electron chi connectivity index (χ0n) is 7.58. The van der Waals surface area contributed by atoms with Crippen molar-refractivity contribution in [1.82, 2.24) is 4.98 Å². The minimum Gasteiger partial charge on any atom is -0.237 e. The van der Waals surface area contributed by atoms with Gasteiger partial charge in [-0.1, -0.05) is 15.9 Å². The summed E-state index contributed by atoms with van der Waals surface area (Å²) in [5.74, 6) is 0. The predicted octanol–water partition coefficient (Wildman–Crippen LogP) is 3.18. The smallest absolute Gasteiger partial charge is 0.141 e. The number of benzene rings is 1. The molecule has 0 aliphatic rings. The SMILES string of the molecule is Cc1cc(Br)cc2ccc(C#N)nc12. The molecule has 2 nitrogen and oxygen atoms in total. The number of halogens is 1. The van der Waals surface area contributed by atoms with E-state index >= 15 is 0 Å². The second-order valence-electron chi connectivity index (χ2n) is 3.10. The van der Waals surface area contributed by atoms with Crippen LogP contribution in [0.4, 0.5) is 0 Å². The molecule has 0 saturated heterocycles. The van der Waals surface area contributed by atoms with Gasteiger partial charge in [-0.2, -0.15) is 5.26 Å². The molecule has 3 heteroatoms. The third-order valence-corrected chi connectivity index (χ3v) is 2.52. The molecule has 0 radical (unpaired) electrons. The minimum atomic E-state index is 0.461. The van der Waals surface area contributed by atoms with E-state index in [1.807, 2.05) is 31.2 Å². The Morgan fingerprint density at radius 1 is 1.36 bits per heavy atom. The molecule has 0 atom stereocenters. The molecule has 0 bridgehead atoms. The molecule has 1 aromatic heterocycles. The van der Waals surface area contributed by atoms with E-state index in [0.29, 0.717) is 5.69 Å². The summed E-state index contributed by atoms with van der Waals surface area (Å²) < 4.78 is 1.04. The predicted molar refractivity (Wildman–Crippen MR) is 58.9 cm³/mol. The quantitative estimate of drug-likeness (QED) is 0.716. The van der Waals surface area contributed by atoms with Crippen LogP contribution < -0.4 is 0 Å². The van der Waals surface area contributed by atoms with Gasteiger partial charge in [-0.05, 0) is 36.8 Å². The Balaban J connectivity index is 2.84. The molecule has 0 unspecified atom stereocenters. The molecule has 0 aliphatic heterocycles. The highest BCUT2D eigenvalue weighted by atomic mass is 79.9. The van der Waals surface area contributed by atoms with Gasteiger partial charge >= 0.3 is 0 Å². The van der Waals surface area contributed by atoms with Crippen molar-refractivity contribution in [3.63, 3.8) is 0 Å². The summed E-state index contributed by atoms with van der Waals surface area (Å²) in [4.78, 5) is 4.25. The van der Waals surface area contributed by atoms with Crippen LogP contribution in [0.1, 0.15) is 11.3 Å². The van der Waals surface area contributed by atoms with Crippen molar-refractivity contribution in [2.45, 2.75) is 6.92 Å². The minimum absolute atomic E-state index is 0.461. The third kappa shape index (κ3) is 1.49. The standard InChI is InChI=1S/C11H7BrN2/c1-7-4-9(12)5-8-2-3-10(6-13)14-11(7)8/h2-5H,1H3. The summed E-state index contributed by atoms with van der Waals surface area (Å²) in [6, 6.07) is 9.68. The van der Waals surface area contributed by atoms with Gasteiger partial charge in [-0.15, -0.1) is 0 Å². The molecule has 0 amide bonds. The third-order valence-electron chi connectivity index (χ3n) is 2.06. The highest BCUT2D eigenvalue weighted by Gasteiger charge is 2.01. The summed E-state index contributed by atoms with van der Waals surface area (Å²) in [6.45, 7) is 1.99. The van der Waals surface area contributed by atoms with Gasteiger partial charge in [-0.25, -0.2) is 4.98 Å². The van der Waals surface area contributed by atoms with Crippen LogP contribution in [0.3, 0.4) is 0 Å². The van der Waals surface area contributed by atoms with Gasteiger partial charge < -0.3 is 0 Å². The summed E-state index contributed by atoms with van der Waals surface area (Å²) in [6.07, 6.45) is 0. The highest BCUT2D eigenvalue weighted by Crippen LogP contribution is 2.22. The fraction of sp³-hybridized carbons (Fsp3) is 0.0909. The average molecular weight is 247 g/mol. The van der Waals surface area contributed by atoms with Crippen molar-refractivity contribution >= 4 is 26.8 Å². The Kier molecular flexibility index (Phi) is 2.22.